The Balaban J connectivity index is 3.24. The predicted octanol–water partition coefficient (Wildman–Crippen LogP) is 2.22. The van der Waals surface area contributed by atoms with Gasteiger partial charge in [0, 0.05) is 13.1 Å². The Morgan fingerprint density at radius 2 is 1.94 bits per heavy atom. The SMILES string of the molecule is CCN(CC(C)C)S(=O)(=O)c1ccccc1C#N. The van der Waals surface area contributed by atoms with Crippen molar-refractivity contribution >= 4 is 10.0 Å². The molecule has 98 valence electrons. The molecule has 1 aromatic rings. The first-order chi connectivity index (χ1) is 8.43. The molecule has 0 saturated heterocycles. The summed E-state index contributed by atoms with van der Waals surface area (Å²) in [6.07, 6.45) is 0. The first-order valence-electron chi connectivity index (χ1n) is 5.92. The zero-order valence-electron chi connectivity index (χ0n) is 10.9. The molecular formula is C13H18N2O2S. The molecular weight excluding hydrogens is 248 g/mol. The van der Waals surface area contributed by atoms with Gasteiger partial charge < -0.3 is 0 Å². The molecule has 18 heavy (non-hydrogen) atoms. The normalized spacial score (nSPS) is 11.8. The molecule has 0 aliphatic carbocycles. The van der Waals surface area contributed by atoms with Crippen molar-refractivity contribution in [2.75, 3.05) is 13.1 Å². The monoisotopic (exact) mass is 266 g/mol. The molecule has 0 bridgehead atoms. The molecule has 1 aromatic carbocycles. The smallest absolute Gasteiger partial charge is 0.207 e. The third kappa shape index (κ3) is 3.09. The fourth-order valence-electron chi connectivity index (χ4n) is 1.73. The van der Waals surface area contributed by atoms with Crippen molar-refractivity contribution in [3.63, 3.8) is 0 Å². The van der Waals surface area contributed by atoms with E-state index in [2.05, 4.69) is 0 Å². The second kappa shape index (κ2) is 5.98. The topological polar surface area (TPSA) is 61.2 Å². The molecule has 0 fully saturated rings. The van der Waals surface area contributed by atoms with E-state index in [0.29, 0.717) is 13.1 Å². The van der Waals surface area contributed by atoms with Gasteiger partial charge in [-0.05, 0) is 18.1 Å². The van der Waals surface area contributed by atoms with E-state index < -0.39 is 10.0 Å². The lowest BCUT2D eigenvalue weighted by molar-refractivity contribution is 0.381. The summed E-state index contributed by atoms with van der Waals surface area (Å²) in [6.45, 7) is 6.59. The summed E-state index contributed by atoms with van der Waals surface area (Å²) in [5.41, 5.74) is 0.194. The van der Waals surface area contributed by atoms with Crippen molar-refractivity contribution in [2.45, 2.75) is 25.7 Å². The molecule has 0 heterocycles. The van der Waals surface area contributed by atoms with Crippen LogP contribution in [-0.4, -0.2) is 25.8 Å². The van der Waals surface area contributed by atoms with Crippen LogP contribution in [0, 0.1) is 17.2 Å². The Morgan fingerprint density at radius 3 is 2.44 bits per heavy atom. The number of hydrogen-bond donors (Lipinski definition) is 0. The Hall–Kier alpha value is -1.38. The fraction of sp³-hybridized carbons (Fsp3) is 0.462. The van der Waals surface area contributed by atoms with Crippen LogP contribution in [0.3, 0.4) is 0 Å². The maximum Gasteiger partial charge on any atom is 0.244 e. The van der Waals surface area contributed by atoms with Crippen LogP contribution in [0.15, 0.2) is 29.2 Å². The van der Waals surface area contributed by atoms with Crippen LogP contribution >= 0.6 is 0 Å². The average Bonchev–Trinajstić information content (AvgIpc) is 2.35. The zero-order chi connectivity index (χ0) is 13.8. The second-order valence-corrected chi connectivity index (χ2v) is 6.36. The Morgan fingerprint density at radius 1 is 1.33 bits per heavy atom. The van der Waals surface area contributed by atoms with Crippen LogP contribution in [0.1, 0.15) is 26.3 Å². The number of nitrogens with zero attached hydrogens (tertiary/aromatic N) is 2. The summed E-state index contributed by atoms with van der Waals surface area (Å²) in [5, 5.41) is 8.99. The molecule has 0 aromatic heterocycles. The Bertz CT molecular complexity index is 544. The van der Waals surface area contributed by atoms with Gasteiger partial charge in [0.15, 0.2) is 0 Å². The third-order valence-corrected chi connectivity index (χ3v) is 4.55. The van der Waals surface area contributed by atoms with Gasteiger partial charge >= 0.3 is 0 Å². The van der Waals surface area contributed by atoms with Crippen LogP contribution in [0.4, 0.5) is 0 Å². The molecule has 0 saturated carbocycles. The van der Waals surface area contributed by atoms with E-state index in [1.807, 2.05) is 19.9 Å². The molecule has 0 spiro atoms. The first-order valence-corrected chi connectivity index (χ1v) is 7.36. The number of nitriles is 1. The number of rotatable bonds is 5. The number of hydrogen-bond acceptors (Lipinski definition) is 3. The highest BCUT2D eigenvalue weighted by Crippen LogP contribution is 2.20. The van der Waals surface area contributed by atoms with Gasteiger partial charge in [-0.25, -0.2) is 8.42 Å². The molecule has 5 heteroatoms. The van der Waals surface area contributed by atoms with Gasteiger partial charge in [-0.2, -0.15) is 9.57 Å². The number of benzene rings is 1. The lowest BCUT2D eigenvalue weighted by Crippen LogP contribution is -2.34. The Kier molecular flexibility index (Phi) is 4.88. The standard InChI is InChI=1S/C13H18N2O2S/c1-4-15(10-11(2)3)18(16,17)13-8-6-5-7-12(13)9-14/h5-8,11H,4,10H2,1-3H3. The molecule has 0 aliphatic heterocycles. The first kappa shape index (κ1) is 14.7. The maximum atomic E-state index is 12.5. The summed E-state index contributed by atoms with van der Waals surface area (Å²) in [7, 11) is -3.58. The minimum atomic E-state index is -3.58. The van der Waals surface area contributed by atoms with Gasteiger partial charge in [-0.15, -0.1) is 0 Å². The highest BCUT2D eigenvalue weighted by Gasteiger charge is 2.25. The van der Waals surface area contributed by atoms with Crippen LogP contribution in [0.2, 0.25) is 0 Å². The van der Waals surface area contributed by atoms with E-state index in [1.165, 1.54) is 16.4 Å². The van der Waals surface area contributed by atoms with Crippen LogP contribution < -0.4 is 0 Å². The van der Waals surface area contributed by atoms with Crippen molar-refractivity contribution in [1.82, 2.24) is 4.31 Å². The fourth-order valence-corrected chi connectivity index (χ4v) is 3.48. The van der Waals surface area contributed by atoms with Crippen molar-refractivity contribution in [3.8, 4) is 6.07 Å². The molecule has 0 aliphatic rings. The van der Waals surface area contributed by atoms with E-state index in [-0.39, 0.29) is 16.4 Å². The molecule has 0 unspecified atom stereocenters. The van der Waals surface area contributed by atoms with Crippen molar-refractivity contribution < 1.29 is 8.42 Å². The third-order valence-electron chi connectivity index (χ3n) is 2.55. The predicted molar refractivity (Wildman–Crippen MR) is 70.4 cm³/mol. The summed E-state index contributed by atoms with van der Waals surface area (Å²) in [6, 6.07) is 8.23. The zero-order valence-corrected chi connectivity index (χ0v) is 11.7. The molecule has 0 N–H and O–H groups in total. The lowest BCUT2D eigenvalue weighted by Gasteiger charge is -2.22. The van der Waals surface area contributed by atoms with E-state index in [4.69, 9.17) is 5.26 Å². The van der Waals surface area contributed by atoms with Gasteiger partial charge in [0.05, 0.1) is 10.5 Å². The minimum Gasteiger partial charge on any atom is -0.207 e. The largest absolute Gasteiger partial charge is 0.244 e. The van der Waals surface area contributed by atoms with Crippen LogP contribution in [0.5, 0.6) is 0 Å². The summed E-state index contributed by atoms with van der Waals surface area (Å²) < 4.78 is 26.3. The quantitative estimate of drug-likeness (QED) is 0.821. The summed E-state index contributed by atoms with van der Waals surface area (Å²) in [4.78, 5) is 0.0926. The van der Waals surface area contributed by atoms with Crippen molar-refractivity contribution in [2.24, 2.45) is 5.92 Å². The van der Waals surface area contributed by atoms with Gasteiger partial charge in [0.1, 0.15) is 6.07 Å². The van der Waals surface area contributed by atoms with Gasteiger partial charge in [0.2, 0.25) is 10.0 Å². The lowest BCUT2D eigenvalue weighted by atomic mass is 10.2. The molecule has 4 nitrogen and oxygen atoms in total. The van der Waals surface area contributed by atoms with Crippen LogP contribution in [-0.2, 0) is 10.0 Å². The van der Waals surface area contributed by atoms with E-state index in [1.54, 1.807) is 19.1 Å². The number of sulfonamides is 1. The minimum absolute atomic E-state index is 0.0926. The van der Waals surface area contributed by atoms with Gasteiger partial charge in [-0.3, -0.25) is 0 Å². The van der Waals surface area contributed by atoms with E-state index >= 15 is 0 Å². The Labute approximate surface area is 109 Å². The van der Waals surface area contributed by atoms with Gasteiger partial charge in [-0.1, -0.05) is 32.9 Å². The van der Waals surface area contributed by atoms with Crippen LogP contribution in [0.25, 0.3) is 0 Å². The molecule has 0 amide bonds. The maximum absolute atomic E-state index is 12.5. The second-order valence-electron chi connectivity index (χ2n) is 4.46. The summed E-state index contributed by atoms with van der Waals surface area (Å²) in [5.74, 6) is 0.244. The molecule has 1 rings (SSSR count). The van der Waals surface area contributed by atoms with E-state index in [0.717, 1.165) is 0 Å². The highest BCUT2D eigenvalue weighted by atomic mass is 32.2. The molecule has 0 radical (unpaired) electrons. The van der Waals surface area contributed by atoms with Crippen molar-refractivity contribution in [3.05, 3.63) is 29.8 Å². The average molecular weight is 266 g/mol. The van der Waals surface area contributed by atoms with Crippen molar-refractivity contribution in [1.29, 1.82) is 5.26 Å². The van der Waals surface area contributed by atoms with Gasteiger partial charge in [0.25, 0.3) is 0 Å². The van der Waals surface area contributed by atoms with E-state index in [9.17, 15) is 8.42 Å². The summed E-state index contributed by atoms with van der Waals surface area (Å²) >= 11 is 0. The highest BCUT2D eigenvalue weighted by molar-refractivity contribution is 7.89. The molecule has 0 atom stereocenters.